The van der Waals surface area contributed by atoms with Crippen molar-refractivity contribution in [2.75, 3.05) is 23.9 Å². The molecule has 0 saturated carbocycles. The van der Waals surface area contributed by atoms with Gasteiger partial charge in [0.25, 0.3) is 11.8 Å². The maximum absolute atomic E-state index is 13.9. The number of benzene rings is 2. The summed E-state index contributed by atoms with van der Waals surface area (Å²) in [5, 5.41) is 2.22. The van der Waals surface area contributed by atoms with Gasteiger partial charge in [0, 0.05) is 25.2 Å². The second-order valence-corrected chi connectivity index (χ2v) is 10.8. The summed E-state index contributed by atoms with van der Waals surface area (Å²) in [6.45, 7) is 3.57. The maximum Gasteiger partial charge on any atom is 0.418 e. The fourth-order valence-electron chi connectivity index (χ4n) is 5.23. The van der Waals surface area contributed by atoms with Gasteiger partial charge in [-0.1, -0.05) is 59.7 Å². The third-order valence-electron chi connectivity index (χ3n) is 7.66. The molecule has 0 aliphatic carbocycles. The fraction of sp³-hybridized carbons (Fsp3) is 0.250. The number of carbonyl (C=O) groups excluding carboxylic acids is 2. The van der Waals surface area contributed by atoms with E-state index in [4.69, 9.17) is 0 Å². The Morgan fingerprint density at radius 1 is 0.578 bits per heavy atom. The van der Waals surface area contributed by atoms with Gasteiger partial charge in [-0.3, -0.25) is 14.9 Å². The molecule has 1 aliphatic rings. The molecular formula is C32H27F6N5O2. The largest absolute Gasteiger partial charge is 0.418 e. The van der Waals surface area contributed by atoms with Crippen LogP contribution in [0, 0.1) is 13.8 Å². The summed E-state index contributed by atoms with van der Waals surface area (Å²) < 4.78 is 83.7. The van der Waals surface area contributed by atoms with Gasteiger partial charge in [0.2, 0.25) is 0 Å². The smallest absolute Gasteiger partial charge is 0.345 e. The first kappa shape index (κ1) is 31.5. The number of rotatable bonds is 6. The molecule has 1 fully saturated rings. The Morgan fingerprint density at radius 3 is 1.22 bits per heavy atom. The predicted octanol–water partition coefficient (Wildman–Crippen LogP) is 6.43. The van der Waals surface area contributed by atoms with E-state index in [1.807, 2.05) is 0 Å². The fourth-order valence-corrected chi connectivity index (χ4v) is 5.23. The van der Waals surface area contributed by atoms with E-state index in [-0.39, 0.29) is 34.2 Å². The molecule has 3 heterocycles. The third-order valence-corrected chi connectivity index (χ3v) is 7.66. The molecule has 2 atom stereocenters. The number of alkyl halides is 6. The summed E-state index contributed by atoms with van der Waals surface area (Å²) in [5.74, 6) is -1.59. The molecule has 45 heavy (non-hydrogen) atoms. The molecule has 2 unspecified atom stereocenters. The van der Waals surface area contributed by atoms with Gasteiger partial charge < -0.3 is 9.80 Å². The molecule has 0 bridgehead atoms. The predicted molar refractivity (Wildman–Crippen MR) is 156 cm³/mol. The molecule has 2 aromatic heterocycles. The zero-order valence-electron chi connectivity index (χ0n) is 24.5. The average Bonchev–Trinajstić information content (AvgIpc) is 3.28. The number of pyridine rings is 2. The number of hydrogen-bond donors (Lipinski definition) is 1. The second-order valence-electron chi connectivity index (χ2n) is 10.8. The molecule has 0 radical (unpaired) electrons. The normalized spacial score (nSPS) is 16.9. The van der Waals surface area contributed by atoms with E-state index in [9.17, 15) is 35.9 Å². The van der Waals surface area contributed by atoms with Gasteiger partial charge in [0.15, 0.2) is 0 Å². The van der Waals surface area contributed by atoms with Crippen LogP contribution in [0.2, 0.25) is 0 Å². The number of aryl methyl sites for hydroxylation is 2. The molecule has 2 amide bonds. The van der Waals surface area contributed by atoms with Crippen molar-refractivity contribution in [1.82, 2.24) is 15.3 Å². The quantitative estimate of drug-likeness (QED) is 0.196. The van der Waals surface area contributed by atoms with E-state index in [2.05, 4.69) is 15.3 Å². The van der Waals surface area contributed by atoms with Crippen LogP contribution >= 0.6 is 0 Å². The highest BCUT2D eigenvalue weighted by Crippen LogP contribution is 2.39. The topological polar surface area (TPSA) is 78.4 Å². The first-order valence-electron chi connectivity index (χ1n) is 13.7. The first-order valence-corrected chi connectivity index (χ1v) is 13.7. The molecule has 1 saturated heterocycles. The van der Waals surface area contributed by atoms with Gasteiger partial charge in [-0.15, -0.1) is 0 Å². The monoisotopic (exact) mass is 627 g/mol. The van der Waals surface area contributed by atoms with E-state index in [1.165, 1.54) is 48.2 Å². The number of hydrogen-bond acceptors (Lipinski definition) is 6. The summed E-state index contributed by atoms with van der Waals surface area (Å²) in [7, 11) is 2.80. The number of anilines is 2. The van der Waals surface area contributed by atoms with Gasteiger partial charge in [-0.05, 0) is 38.1 Å². The van der Waals surface area contributed by atoms with Crippen molar-refractivity contribution >= 4 is 23.5 Å². The zero-order chi connectivity index (χ0) is 32.8. The van der Waals surface area contributed by atoms with Gasteiger partial charge >= 0.3 is 12.4 Å². The van der Waals surface area contributed by atoms with Crippen LogP contribution in [0.15, 0.2) is 72.8 Å². The van der Waals surface area contributed by atoms with Crippen LogP contribution in [0.3, 0.4) is 0 Å². The zero-order valence-corrected chi connectivity index (χ0v) is 24.5. The number of nitrogens with one attached hydrogen (secondary N) is 1. The number of halogens is 6. The van der Waals surface area contributed by atoms with E-state index < -0.39 is 47.4 Å². The number of likely N-dealkylation sites (N-methyl/N-ethyl adjacent to an activating group) is 2. The third kappa shape index (κ3) is 6.19. The Balaban J connectivity index is 1.55. The maximum atomic E-state index is 13.9. The van der Waals surface area contributed by atoms with Crippen molar-refractivity contribution in [3.63, 3.8) is 0 Å². The first-order chi connectivity index (χ1) is 21.1. The van der Waals surface area contributed by atoms with Crippen LogP contribution in [0.1, 0.15) is 22.3 Å². The van der Waals surface area contributed by atoms with E-state index in [0.717, 1.165) is 35.4 Å². The van der Waals surface area contributed by atoms with Crippen molar-refractivity contribution in [2.45, 2.75) is 38.3 Å². The summed E-state index contributed by atoms with van der Waals surface area (Å²) >= 11 is 0. The molecule has 4 aromatic rings. The lowest BCUT2D eigenvalue weighted by Gasteiger charge is -2.33. The van der Waals surface area contributed by atoms with Crippen molar-refractivity contribution < 1.29 is 35.9 Å². The van der Waals surface area contributed by atoms with Crippen molar-refractivity contribution in [3.8, 4) is 22.5 Å². The van der Waals surface area contributed by atoms with E-state index in [0.29, 0.717) is 0 Å². The lowest BCUT2D eigenvalue weighted by molar-refractivity contribution is -0.138. The van der Waals surface area contributed by atoms with Crippen LogP contribution in [0.5, 0.6) is 0 Å². The van der Waals surface area contributed by atoms with Gasteiger partial charge in [0.1, 0.15) is 23.7 Å². The molecular weight excluding hydrogens is 600 g/mol. The molecule has 1 N–H and O–H groups in total. The Labute approximate surface area is 254 Å². The number of aromatic nitrogens is 2. The van der Waals surface area contributed by atoms with Gasteiger partial charge in [-0.25, -0.2) is 9.97 Å². The van der Waals surface area contributed by atoms with Crippen molar-refractivity contribution in [1.29, 1.82) is 0 Å². The average molecular weight is 628 g/mol. The van der Waals surface area contributed by atoms with Crippen molar-refractivity contribution in [2.24, 2.45) is 0 Å². The van der Waals surface area contributed by atoms with Crippen LogP contribution in [0.4, 0.5) is 38.0 Å². The van der Waals surface area contributed by atoms with Crippen LogP contribution in [-0.4, -0.2) is 48.0 Å². The highest BCUT2D eigenvalue weighted by atomic mass is 19.4. The second kappa shape index (κ2) is 11.5. The highest BCUT2D eigenvalue weighted by Gasteiger charge is 2.48. The van der Waals surface area contributed by atoms with Crippen LogP contribution in [-0.2, 0) is 21.9 Å². The standard InChI is InChI=1S/C32H27F6N5O2/c1-17-5-9-19(10-6-17)25-21(31(33,34)35)13-15-23(39-25)42(3)27-28(30(45)41-29(27)44)43(4)24-16-14-22(32(36,37)38)26(40-24)20-11-7-18(2)8-12-20/h5-16,27-28H,1-4H3,(H,41,44,45). The Hall–Kier alpha value is -4.94. The summed E-state index contributed by atoms with van der Waals surface area (Å²) in [6.07, 6.45) is -9.45. The van der Waals surface area contributed by atoms with Crippen LogP contribution in [0.25, 0.3) is 22.5 Å². The molecule has 13 heteroatoms. The number of nitrogens with zero attached hydrogens (tertiary/aromatic N) is 4. The summed E-state index contributed by atoms with van der Waals surface area (Å²) in [4.78, 5) is 37.3. The molecule has 1 aliphatic heterocycles. The molecule has 0 spiro atoms. The molecule has 2 aromatic carbocycles. The lowest BCUT2D eigenvalue weighted by atomic mass is 10.0. The minimum Gasteiger partial charge on any atom is -0.345 e. The van der Waals surface area contributed by atoms with Crippen LogP contribution < -0.4 is 15.1 Å². The number of carbonyl (C=O) groups is 2. The lowest BCUT2D eigenvalue weighted by Crippen LogP contribution is -2.52. The number of imide groups is 1. The number of amides is 2. The summed E-state index contributed by atoms with van der Waals surface area (Å²) in [5.41, 5.74) is -0.654. The Kier molecular flexibility index (Phi) is 8.06. The van der Waals surface area contributed by atoms with E-state index in [1.54, 1.807) is 38.1 Å². The molecule has 7 nitrogen and oxygen atoms in total. The van der Waals surface area contributed by atoms with Gasteiger partial charge in [0.05, 0.1) is 22.5 Å². The van der Waals surface area contributed by atoms with Crippen molar-refractivity contribution in [3.05, 3.63) is 95.1 Å². The Morgan fingerprint density at radius 2 is 0.911 bits per heavy atom. The highest BCUT2D eigenvalue weighted by molar-refractivity contribution is 6.11. The molecule has 5 rings (SSSR count). The summed E-state index contributed by atoms with van der Waals surface area (Å²) in [6, 6.07) is 13.8. The Bertz CT molecular complexity index is 1630. The molecule has 234 valence electrons. The minimum atomic E-state index is -4.73. The van der Waals surface area contributed by atoms with E-state index >= 15 is 0 Å². The minimum absolute atomic E-state index is 0.0347. The SMILES string of the molecule is Cc1ccc(-c2nc(N(C)C3C(=O)NC(=O)C3N(C)c3ccc(C(F)(F)F)c(-c4ccc(C)cc4)n3)ccc2C(F)(F)F)cc1. The van der Waals surface area contributed by atoms with Gasteiger partial charge in [-0.2, -0.15) is 26.3 Å².